The summed E-state index contributed by atoms with van der Waals surface area (Å²) in [5.41, 5.74) is 5.69. The molecule has 3 aliphatic rings. The molecule has 0 aromatic heterocycles. The van der Waals surface area contributed by atoms with Gasteiger partial charge in [0, 0.05) is 29.8 Å². The molecule has 3 aromatic carbocycles. The highest BCUT2D eigenvalue weighted by atomic mass is 16.2. The molecule has 2 fully saturated rings. The highest BCUT2D eigenvalue weighted by Gasteiger charge is 2.48. The molecule has 0 unspecified atom stereocenters. The highest BCUT2D eigenvalue weighted by molar-refractivity contribution is 5.95. The average molecular weight is 536 g/mol. The number of anilines is 1. The van der Waals surface area contributed by atoms with Crippen LogP contribution in [-0.4, -0.2) is 29.3 Å². The molecule has 1 saturated heterocycles. The lowest BCUT2D eigenvalue weighted by Gasteiger charge is -2.42. The lowest BCUT2D eigenvalue weighted by atomic mass is 9.78. The van der Waals surface area contributed by atoms with Crippen LogP contribution in [0.15, 0.2) is 78.9 Å². The number of amides is 2. The maximum atomic E-state index is 14.4. The van der Waals surface area contributed by atoms with E-state index < -0.39 is 0 Å². The second-order valence-electron chi connectivity index (χ2n) is 11.8. The molecule has 3 aromatic rings. The fraction of sp³-hybridized carbons (Fsp3) is 0.429. The minimum absolute atomic E-state index is 0.0444. The van der Waals surface area contributed by atoms with Crippen LogP contribution in [0.2, 0.25) is 0 Å². The van der Waals surface area contributed by atoms with Crippen molar-refractivity contribution >= 4 is 17.5 Å². The molecule has 6 rings (SSSR count). The first-order valence-electron chi connectivity index (χ1n) is 15.2. The van der Waals surface area contributed by atoms with Crippen molar-refractivity contribution in [1.82, 2.24) is 10.2 Å². The summed E-state index contributed by atoms with van der Waals surface area (Å²) in [4.78, 5) is 29.7. The number of rotatable bonds is 7. The molecule has 0 spiro atoms. The van der Waals surface area contributed by atoms with E-state index >= 15 is 0 Å². The fourth-order valence-electron chi connectivity index (χ4n) is 7.25. The fourth-order valence-corrected chi connectivity index (χ4v) is 7.25. The average Bonchev–Trinajstić information content (AvgIpc) is 3.46. The number of unbranched alkanes of at least 4 members (excludes halogenated alkanes) is 1. The van der Waals surface area contributed by atoms with Gasteiger partial charge in [0.25, 0.3) is 5.91 Å². The molecule has 0 bridgehead atoms. The number of hydrogen-bond acceptors (Lipinski definition) is 3. The van der Waals surface area contributed by atoms with Crippen LogP contribution in [0.5, 0.6) is 0 Å². The van der Waals surface area contributed by atoms with Gasteiger partial charge in [0.05, 0.1) is 18.0 Å². The quantitative estimate of drug-likeness (QED) is 0.340. The maximum Gasteiger partial charge on any atom is 0.251 e. The number of carbonyl (C=O) groups excluding carboxylic acids is 2. The Bertz CT molecular complexity index is 1320. The van der Waals surface area contributed by atoms with Crippen molar-refractivity contribution in [3.8, 4) is 0 Å². The van der Waals surface area contributed by atoms with Crippen LogP contribution in [0.1, 0.15) is 91.0 Å². The van der Waals surface area contributed by atoms with Gasteiger partial charge in [-0.25, -0.2) is 0 Å². The second-order valence-corrected chi connectivity index (χ2v) is 11.8. The van der Waals surface area contributed by atoms with Gasteiger partial charge in [-0.2, -0.15) is 0 Å². The summed E-state index contributed by atoms with van der Waals surface area (Å²) in [6.07, 6.45) is 8.11. The van der Waals surface area contributed by atoms with Crippen LogP contribution in [0.3, 0.4) is 0 Å². The third kappa shape index (κ3) is 5.26. The molecule has 1 saturated carbocycles. The van der Waals surface area contributed by atoms with Gasteiger partial charge >= 0.3 is 0 Å². The first kappa shape index (κ1) is 26.6. The van der Waals surface area contributed by atoms with E-state index in [0.29, 0.717) is 11.5 Å². The minimum Gasteiger partial charge on any atom is -0.378 e. The van der Waals surface area contributed by atoms with Crippen LogP contribution in [0.4, 0.5) is 5.69 Å². The molecule has 2 N–H and O–H groups in total. The van der Waals surface area contributed by atoms with Gasteiger partial charge < -0.3 is 15.5 Å². The Hall–Kier alpha value is -3.60. The maximum absolute atomic E-state index is 14.4. The molecule has 2 aliphatic heterocycles. The Morgan fingerprint density at radius 2 is 1.68 bits per heavy atom. The highest BCUT2D eigenvalue weighted by Crippen LogP contribution is 2.52. The summed E-state index contributed by atoms with van der Waals surface area (Å²) in [5, 5.41) is 7.11. The Labute approximate surface area is 238 Å². The monoisotopic (exact) mass is 535 g/mol. The Kier molecular flexibility index (Phi) is 7.90. The standard InChI is InChI=1S/C35H41N3O2/c1-2-3-12-24-19-20-31-29(23-24)33-28(32(36-31)25-13-6-4-7-14-25)21-22-38(33)35(40)27-17-10-11-18-30(27)37-34(39)26-15-8-5-9-16-26/h4-9,13-16,19-20,23,27-28,30,32-33,36H,2-3,10-12,17-18,21-22H2,1H3,(H,37,39)/t27-,28-,30+,32+,33-/m0/s1. The number of carbonyl (C=O) groups is 2. The van der Waals surface area contributed by atoms with Gasteiger partial charge in [-0.3, -0.25) is 9.59 Å². The van der Waals surface area contributed by atoms with Crippen molar-refractivity contribution in [2.75, 3.05) is 11.9 Å². The van der Waals surface area contributed by atoms with E-state index in [1.165, 1.54) is 29.5 Å². The minimum atomic E-state index is -0.183. The number of nitrogens with one attached hydrogen (secondary N) is 2. The van der Waals surface area contributed by atoms with Crippen LogP contribution < -0.4 is 10.6 Å². The molecule has 2 amide bonds. The first-order chi connectivity index (χ1) is 19.6. The molecule has 0 radical (unpaired) electrons. The predicted molar refractivity (Wildman–Crippen MR) is 160 cm³/mol. The lowest BCUT2D eigenvalue weighted by molar-refractivity contribution is -0.138. The zero-order valence-corrected chi connectivity index (χ0v) is 23.5. The summed E-state index contributed by atoms with van der Waals surface area (Å²) in [7, 11) is 0. The summed E-state index contributed by atoms with van der Waals surface area (Å²) in [6, 6.07) is 27.0. The van der Waals surface area contributed by atoms with Gasteiger partial charge in [-0.1, -0.05) is 86.8 Å². The largest absolute Gasteiger partial charge is 0.378 e. The molecule has 5 heteroatoms. The number of aryl methyl sites for hydroxylation is 1. The third-order valence-electron chi connectivity index (χ3n) is 9.31. The van der Waals surface area contributed by atoms with Gasteiger partial charge in [-0.05, 0) is 67.0 Å². The van der Waals surface area contributed by atoms with E-state index in [1.54, 1.807) is 0 Å². The van der Waals surface area contributed by atoms with Crippen LogP contribution >= 0.6 is 0 Å². The summed E-state index contributed by atoms with van der Waals surface area (Å²) in [5.74, 6) is 0.254. The first-order valence-corrected chi connectivity index (χ1v) is 15.2. The Morgan fingerprint density at radius 1 is 0.925 bits per heavy atom. The zero-order chi connectivity index (χ0) is 27.5. The third-order valence-corrected chi connectivity index (χ3v) is 9.31. The van der Waals surface area contributed by atoms with Gasteiger partial charge in [0.2, 0.25) is 5.91 Å². The molecule has 40 heavy (non-hydrogen) atoms. The van der Waals surface area contributed by atoms with Crippen molar-refractivity contribution in [2.24, 2.45) is 11.8 Å². The normalized spacial score (nSPS) is 25.4. The van der Waals surface area contributed by atoms with Crippen molar-refractivity contribution < 1.29 is 9.59 Å². The molecule has 2 heterocycles. The smallest absolute Gasteiger partial charge is 0.251 e. The molecule has 5 atom stereocenters. The molecule has 1 aliphatic carbocycles. The molecular weight excluding hydrogens is 494 g/mol. The molecule has 208 valence electrons. The number of likely N-dealkylation sites (tertiary alicyclic amines) is 1. The van der Waals surface area contributed by atoms with E-state index in [9.17, 15) is 9.59 Å². The van der Waals surface area contributed by atoms with Crippen molar-refractivity contribution in [3.63, 3.8) is 0 Å². The molecular formula is C35H41N3O2. The van der Waals surface area contributed by atoms with E-state index in [2.05, 4.69) is 71.0 Å². The van der Waals surface area contributed by atoms with Crippen LogP contribution in [0, 0.1) is 11.8 Å². The SMILES string of the molecule is CCCCc1ccc2c(c1)[C@@H]1[C@@H](CCN1C(=O)[C@H]1CCCC[C@H]1NC(=O)c1ccccc1)[C@@H](c1ccccc1)N2. The number of fused-ring (bicyclic) bond motifs is 3. The van der Waals surface area contributed by atoms with E-state index in [1.807, 2.05) is 30.3 Å². The topological polar surface area (TPSA) is 61.4 Å². The van der Waals surface area contributed by atoms with Gasteiger partial charge in [0.1, 0.15) is 0 Å². The zero-order valence-electron chi connectivity index (χ0n) is 23.5. The number of nitrogens with zero attached hydrogens (tertiary/aromatic N) is 1. The predicted octanol–water partition coefficient (Wildman–Crippen LogP) is 7.07. The van der Waals surface area contributed by atoms with E-state index in [0.717, 1.165) is 50.8 Å². The van der Waals surface area contributed by atoms with Crippen molar-refractivity contribution in [3.05, 3.63) is 101 Å². The number of benzene rings is 3. The molecule has 5 nitrogen and oxygen atoms in total. The lowest BCUT2D eigenvalue weighted by Crippen LogP contribution is -2.50. The van der Waals surface area contributed by atoms with Crippen LogP contribution in [-0.2, 0) is 11.2 Å². The van der Waals surface area contributed by atoms with Crippen LogP contribution in [0.25, 0.3) is 0 Å². The number of hydrogen-bond donors (Lipinski definition) is 2. The van der Waals surface area contributed by atoms with Crippen molar-refractivity contribution in [1.29, 1.82) is 0 Å². The Morgan fingerprint density at radius 3 is 2.45 bits per heavy atom. The van der Waals surface area contributed by atoms with E-state index in [-0.39, 0.29) is 35.9 Å². The van der Waals surface area contributed by atoms with Gasteiger partial charge in [-0.15, -0.1) is 0 Å². The van der Waals surface area contributed by atoms with Crippen molar-refractivity contribution in [2.45, 2.75) is 76.4 Å². The second kappa shape index (κ2) is 11.9. The Balaban J connectivity index is 1.30. The summed E-state index contributed by atoms with van der Waals surface area (Å²) < 4.78 is 0. The summed E-state index contributed by atoms with van der Waals surface area (Å²) >= 11 is 0. The van der Waals surface area contributed by atoms with E-state index in [4.69, 9.17) is 0 Å². The van der Waals surface area contributed by atoms with Gasteiger partial charge in [0.15, 0.2) is 0 Å². The summed E-state index contributed by atoms with van der Waals surface area (Å²) in [6.45, 7) is 2.99.